The minimum Gasteiger partial charge on any atom is -0.465 e. The number of hydrogen-bond acceptors (Lipinski definition) is 8. The quantitative estimate of drug-likeness (QED) is 0.674. The number of nitrogens with one attached hydrogen (secondary N) is 2. The molecule has 1 heterocycles. The summed E-state index contributed by atoms with van der Waals surface area (Å²) in [6.07, 6.45) is 0.967. The number of nitrogens with zero attached hydrogens (tertiary/aromatic N) is 4. The summed E-state index contributed by atoms with van der Waals surface area (Å²) >= 11 is 0. The fraction of sp³-hybridized carbons (Fsp3) is 0.667. The van der Waals surface area contributed by atoms with E-state index in [1.165, 1.54) is 0 Å². The van der Waals surface area contributed by atoms with E-state index in [1.807, 2.05) is 14.1 Å². The highest BCUT2D eigenvalue weighted by Crippen LogP contribution is 2.11. The van der Waals surface area contributed by atoms with Crippen LogP contribution in [0, 0.1) is 0 Å². The molecule has 0 aliphatic carbocycles. The number of aromatic nitrogens is 3. The Morgan fingerprint density at radius 2 is 1.80 bits per heavy atom. The fourth-order valence-corrected chi connectivity index (χ4v) is 1.32. The summed E-state index contributed by atoms with van der Waals surface area (Å²) in [4.78, 5) is 25.8. The van der Waals surface area contributed by atoms with Gasteiger partial charge in [-0.25, -0.2) is 0 Å². The standard InChI is InChI=1S/C12H22N6O2/c1-5-7-13-10-15-11(14-8-9(19)20-6-2)17-12(16-10)18(3)4/h5-8H2,1-4H3,(H2,13,14,15,16,17). The Morgan fingerprint density at radius 1 is 1.15 bits per heavy atom. The van der Waals surface area contributed by atoms with Crippen LogP contribution < -0.4 is 15.5 Å². The lowest BCUT2D eigenvalue weighted by molar-refractivity contribution is -0.140. The predicted octanol–water partition coefficient (Wildman–Crippen LogP) is 0.734. The maximum Gasteiger partial charge on any atom is 0.325 e. The van der Waals surface area contributed by atoms with E-state index in [-0.39, 0.29) is 12.5 Å². The zero-order chi connectivity index (χ0) is 15.0. The minimum absolute atomic E-state index is 0.0257. The van der Waals surface area contributed by atoms with Crippen molar-refractivity contribution in [3.8, 4) is 0 Å². The van der Waals surface area contributed by atoms with Gasteiger partial charge in [0.05, 0.1) is 6.61 Å². The first kappa shape index (κ1) is 15.9. The Bertz CT molecular complexity index is 438. The van der Waals surface area contributed by atoms with Crippen LogP contribution in [-0.4, -0.2) is 54.7 Å². The SMILES string of the molecule is CCCNc1nc(NCC(=O)OCC)nc(N(C)C)n1. The summed E-state index contributed by atoms with van der Waals surface area (Å²) < 4.78 is 4.84. The number of carbonyl (C=O) groups is 1. The van der Waals surface area contributed by atoms with Gasteiger partial charge in [-0.2, -0.15) is 15.0 Å². The van der Waals surface area contributed by atoms with E-state index in [0.717, 1.165) is 13.0 Å². The molecule has 8 nitrogen and oxygen atoms in total. The van der Waals surface area contributed by atoms with Crippen LogP contribution in [0.25, 0.3) is 0 Å². The van der Waals surface area contributed by atoms with Gasteiger partial charge in [-0.3, -0.25) is 4.79 Å². The summed E-state index contributed by atoms with van der Waals surface area (Å²) in [5, 5.41) is 5.94. The first-order chi connectivity index (χ1) is 9.56. The van der Waals surface area contributed by atoms with Gasteiger partial charge in [0.2, 0.25) is 17.8 Å². The molecule has 0 bridgehead atoms. The van der Waals surface area contributed by atoms with Crippen molar-refractivity contribution in [2.24, 2.45) is 0 Å². The van der Waals surface area contributed by atoms with Gasteiger partial charge in [0.1, 0.15) is 6.54 Å². The Hall–Kier alpha value is -2.12. The van der Waals surface area contributed by atoms with E-state index >= 15 is 0 Å². The van der Waals surface area contributed by atoms with Gasteiger partial charge in [0.25, 0.3) is 0 Å². The molecular formula is C12H22N6O2. The molecule has 0 saturated heterocycles. The van der Waals surface area contributed by atoms with Crippen molar-refractivity contribution in [2.45, 2.75) is 20.3 Å². The molecule has 0 radical (unpaired) electrons. The number of carbonyl (C=O) groups excluding carboxylic acids is 1. The van der Waals surface area contributed by atoms with Gasteiger partial charge in [-0.05, 0) is 13.3 Å². The average molecular weight is 282 g/mol. The molecule has 0 spiro atoms. The van der Waals surface area contributed by atoms with Gasteiger partial charge in [0, 0.05) is 20.6 Å². The third-order valence-electron chi connectivity index (χ3n) is 2.25. The van der Waals surface area contributed by atoms with E-state index in [4.69, 9.17) is 4.74 Å². The van der Waals surface area contributed by atoms with Gasteiger partial charge < -0.3 is 20.3 Å². The molecule has 1 aromatic heterocycles. The van der Waals surface area contributed by atoms with Crippen LogP contribution in [-0.2, 0) is 9.53 Å². The second kappa shape index (κ2) is 8.13. The molecular weight excluding hydrogens is 260 g/mol. The van der Waals surface area contributed by atoms with E-state index in [0.29, 0.717) is 24.5 Å². The molecule has 0 aliphatic rings. The van der Waals surface area contributed by atoms with Gasteiger partial charge in [0.15, 0.2) is 0 Å². The molecule has 0 atom stereocenters. The molecule has 0 unspecified atom stereocenters. The van der Waals surface area contributed by atoms with Crippen LogP contribution >= 0.6 is 0 Å². The Kier molecular flexibility index (Phi) is 6.48. The Labute approximate surface area is 119 Å². The van der Waals surface area contributed by atoms with E-state index in [9.17, 15) is 4.79 Å². The highest BCUT2D eigenvalue weighted by Gasteiger charge is 2.09. The van der Waals surface area contributed by atoms with Crippen molar-refractivity contribution in [1.82, 2.24) is 15.0 Å². The van der Waals surface area contributed by atoms with Crippen LogP contribution in [0.1, 0.15) is 20.3 Å². The maximum absolute atomic E-state index is 11.3. The van der Waals surface area contributed by atoms with Crippen molar-refractivity contribution >= 4 is 23.8 Å². The van der Waals surface area contributed by atoms with Crippen molar-refractivity contribution in [1.29, 1.82) is 0 Å². The van der Waals surface area contributed by atoms with Crippen LogP contribution in [0.3, 0.4) is 0 Å². The number of ether oxygens (including phenoxy) is 1. The zero-order valence-corrected chi connectivity index (χ0v) is 12.4. The molecule has 2 N–H and O–H groups in total. The second-order valence-corrected chi connectivity index (χ2v) is 4.26. The highest BCUT2D eigenvalue weighted by atomic mass is 16.5. The third-order valence-corrected chi connectivity index (χ3v) is 2.25. The van der Waals surface area contributed by atoms with Crippen LogP contribution in [0.5, 0.6) is 0 Å². The smallest absolute Gasteiger partial charge is 0.325 e. The summed E-state index contributed by atoms with van der Waals surface area (Å²) in [5.74, 6) is 1.000. The molecule has 1 rings (SSSR count). The molecule has 1 aromatic rings. The van der Waals surface area contributed by atoms with Gasteiger partial charge >= 0.3 is 5.97 Å². The van der Waals surface area contributed by atoms with E-state index < -0.39 is 0 Å². The molecule has 0 amide bonds. The summed E-state index contributed by atoms with van der Waals surface area (Å²) in [7, 11) is 3.68. The first-order valence-corrected chi connectivity index (χ1v) is 6.63. The average Bonchev–Trinajstić information content (AvgIpc) is 2.43. The predicted molar refractivity (Wildman–Crippen MR) is 78.1 cm³/mol. The monoisotopic (exact) mass is 282 g/mol. The molecule has 20 heavy (non-hydrogen) atoms. The number of rotatable bonds is 8. The fourth-order valence-electron chi connectivity index (χ4n) is 1.32. The molecule has 0 fully saturated rings. The van der Waals surface area contributed by atoms with Crippen LogP contribution in [0.2, 0.25) is 0 Å². The maximum atomic E-state index is 11.3. The normalized spacial score (nSPS) is 10.0. The number of anilines is 3. The largest absolute Gasteiger partial charge is 0.465 e. The van der Waals surface area contributed by atoms with Crippen molar-refractivity contribution < 1.29 is 9.53 Å². The summed E-state index contributed by atoms with van der Waals surface area (Å²) in [6, 6.07) is 0. The lowest BCUT2D eigenvalue weighted by Crippen LogP contribution is -2.21. The lowest BCUT2D eigenvalue weighted by Gasteiger charge is -2.13. The summed E-state index contributed by atoms with van der Waals surface area (Å²) in [5.41, 5.74) is 0. The molecule has 0 aliphatic heterocycles. The summed E-state index contributed by atoms with van der Waals surface area (Å²) in [6.45, 7) is 4.97. The second-order valence-electron chi connectivity index (χ2n) is 4.26. The molecule has 0 aromatic carbocycles. The van der Waals surface area contributed by atoms with Crippen LogP contribution in [0.15, 0.2) is 0 Å². The van der Waals surface area contributed by atoms with Gasteiger partial charge in [-0.15, -0.1) is 0 Å². The molecule has 8 heteroatoms. The van der Waals surface area contributed by atoms with E-state index in [2.05, 4.69) is 32.5 Å². The minimum atomic E-state index is -0.345. The van der Waals surface area contributed by atoms with Crippen molar-refractivity contribution in [3.63, 3.8) is 0 Å². The lowest BCUT2D eigenvalue weighted by atomic mass is 10.5. The Balaban J connectivity index is 2.77. The first-order valence-electron chi connectivity index (χ1n) is 6.63. The van der Waals surface area contributed by atoms with Crippen LogP contribution in [0.4, 0.5) is 17.8 Å². The molecule has 112 valence electrons. The van der Waals surface area contributed by atoms with Crippen molar-refractivity contribution in [3.05, 3.63) is 0 Å². The number of hydrogen-bond donors (Lipinski definition) is 2. The molecule has 0 saturated carbocycles. The number of esters is 1. The topological polar surface area (TPSA) is 92.3 Å². The van der Waals surface area contributed by atoms with Crippen molar-refractivity contribution in [2.75, 3.05) is 49.3 Å². The Morgan fingerprint density at radius 3 is 2.35 bits per heavy atom. The van der Waals surface area contributed by atoms with Gasteiger partial charge in [-0.1, -0.05) is 6.92 Å². The van der Waals surface area contributed by atoms with E-state index in [1.54, 1.807) is 11.8 Å². The third kappa shape index (κ3) is 5.25. The highest BCUT2D eigenvalue weighted by molar-refractivity contribution is 5.74. The zero-order valence-electron chi connectivity index (χ0n) is 12.4.